The Kier molecular flexibility index (Phi) is 2.27. The predicted octanol–water partition coefficient (Wildman–Crippen LogP) is 1.11. The van der Waals surface area contributed by atoms with Crippen LogP contribution in [0.3, 0.4) is 0 Å². The zero-order valence-electron chi connectivity index (χ0n) is 12.3. The molecule has 3 aliphatic rings. The summed E-state index contributed by atoms with van der Waals surface area (Å²) in [6.45, 7) is 2.17. The van der Waals surface area contributed by atoms with E-state index in [0.29, 0.717) is 22.8 Å². The molecule has 2 saturated heterocycles. The molecule has 1 aliphatic carbocycles. The van der Waals surface area contributed by atoms with E-state index < -0.39 is 0 Å². The maximum absolute atomic E-state index is 12.6. The second-order valence-corrected chi connectivity index (χ2v) is 6.90. The Hall–Kier alpha value is -2.08. The highest BCUT2D eigenvalue weighted by molar-refractivity contribution is 6.05. The molecule has 4 N–H and O–H groups in total. The maximum Gasteiger partial charge on any atom is 0.272 e. The number of nitrogens with one attached hydrogen (secondary N) is 2. The van der Waals surface area contributed by atoms with Crippen LogP contribution >= 0.6 is 0 Å². The van der Waals surface area contributed by atoms with Crippen molar-refractivity contribution < 1.29 is 4.79 Å². The van der Waals surface area contributed by atoms with Gasteiger partial charge in [0.25, 0.3) is 5.91 Å². The summed E-state index contributed by atoms with van der Waals surface area (Å²) in [5, 5.41) is 11.1. The summed E-state index contributed by atoms with van der Waals surface area (Å²) in [7, 11) is 0. The van der Waals surface area contributed by atoms with Gasteiger partial charge in [0.1, 0.15) is 0 Å². The number of carbonyl (C=O) groups excluding carboxylic acids is 1. The quantitative estimate of drug-likeness (QED) is 0.725. The largest absolute Gasteiger partial charge is 0.399 e. The monoisotopic (exact) mass is 297 g/mol. The Labute approximate surface area is 128 Å². The van der Waals surface area contributed by atoms with Crippen molar-refractivity contribution in [1.82, 2.24) is 20.4 Å². The number of hydrogen-bond donors (Lipinski definition) is 3. The molecule has 5 rings (SSSR count). The highest BCUT2D eigenvalue weighted by Crippen LogP contribution is 2.57. The molecule has 6 heteroatoms. The molecule has 1 spiro atoms. The summed E-state index contributed by atoms with van der Waals surface area (Å²) in [6, 6.07) is 5.73. The number of rotatable bonds is 2. The van der Waals surface area contributed by atoms with Crippen LogP contribution in [0.25, 0.3) is 10.9 Å². The van der Waals surface area contributed by atoms with E-state index >= 15 is 0 Å². The predicted molar refractivity (Wildman–Crippen MR) is 83.4 cm³/mol. The van der Waals surface area contributed by atoms with Gasteiger partial charge in [0.2, 0.25) is 0 Å². The SMILES string of the molecule is Nc1ccc2[nH]nc(C(=O)N[C@@H]3CN4CCC45CCC35)c2c1. The first-order chi connectivity index (χ1) is 10.7. The second kappa shape index (κ2) is 4.01. The van der Waals surface area contributed by atoms with Gasteiger partial charge in [-0.1, -0.05) is 0 Å². The van der Waals surface area contributed by atoms with E-state index in [-0.39, 0.29) is 11.9 Å². The number of aromatic nitrogens is 2. The number of carbonyl (C=O) groups is 1. The normalized spacial score (nSPS) is 32.9. The van der Waals surface area contributed by atoms with E-state index in [1.807, 2.05) is 12.1 Å². The van der Waals surface area contributed by atoms with Gasteiger partial charge in [-0.15, -0.1) is 0 Å². The van der Waals surface area contributed by atoms with Gasteiger partial charge in [-0.2, -0.15) is 5.10 Å². The molecule has 6 nitrogen and oxygen atoms in total. The minimum atomic E-state index is -0.0913. The number of nitrogen functional groups attached to an aromatic ring is 1. The van der Waals surface area contributed by atoms with E-state index in [2.05, 4.69) is 20.4 Å². The zero-order chi connectivity index (χ0) is 14.9. The maximum atomic E-state index is 12.6. The molecule has 1 aromatic carbocycles. The smallest absolute Gasteiger partial charge is 0.272 e. The minimum absolute atomic E-state index is 0.0913. The lowest BCUT2D eigenvalue weighted by atomic mass is 9.61. The Morgan fingerprint density at radius 3 is 3.05 bits per heavy atom. The lowest BCUT2D eigenvalue weighted by molar-refractivity contribution is -0.0676. The first kappa shape index (κ1) is 12.5. The van der Waals surface area contributed by atoms with Crippen molar-refractivity contribution in [2.24, 2.45) is 5.92 Å². The highest BCUT2D eigenvalue weighted by Gasteiger charge is 2.63. The van der Waals surface area contributed by atoms with Crippen LogP contribution in [0.4, 0.5) is 5.69 Å². The van der Waals surface area contributed by atoms with Crippen molar-refractivity contribution in [1.29, 1.82) is 0 Å². The fourth-order valence-corrected chi connectivity index (χ4v) is 4.71. The van der Waals surface area contributed by atoms with Crippen LogP contribution in [-0.2, 0) is 0 Å². The zero-order valence-corrected chi connectivity index (χ0v) is 12.3. The molecule has 2 aliphatic heterocycles. The number of nitrogens with two attached hydrogens (primary N) is 1. The summed E-state index contributed by atoms with van der Waals surface area (Å²) in [4.78, 5) is 15.2. The third-order valence-corrected chi connectivity index (χ3v) is 6.04. The van der Waals surface area contributed by atoms with Crippen molar-refractivity contribution >= 4 is 22.5 Å². The van der Waals surface area contributed by atoms with Crippen LogP contribution in [0.15, 0.2) is 18.2 Å². The Morgan fingerprint density at radius 2 is 2.36 bits per heavy atom. The second-order valence-electron chi connectivity index (χ2n) is 6.90. The minimum Gasteiger partial charge on any atom is -0.399 e. The number of hydrogen-bond acceptors (Lipinski definition) is 4. The number of benzene rings is 1. The van der Waals surface area contributed by atoms with Crippen LogP contribution < -0.4 is 11.1 Å². The average molecular weight is 297 g/mol. The fraction of sp³-hybridized carbons (Fsp3) is 0.500. The molecule has 0 bridgehead atoms. The number of H-pyrrole nitrogens is 1. The van der Waals surface area contributed by atoms with Gasteiger partial charge in [0.05, 0.1) is 5.52 Å². The molecule has 1 aromatic heterocycles. The Balaban J connectivity index is 1.41. The summed E-state index contributed by atoms with van der Waals surface area (Å²) in [5.41, 5.74) is 8.19. The van der Waals surface area contributed by atoms with Crippen molar-refractivity contribution in [2.75, 3.05) is 18.8 Å². The average Bonchev–Trinajstić information content (AvgIpc) is 2.89. The molecule has 22 heavy (non-hydrogen) atoms. The van der Waals surface area contributed by atoms with Gasteiger partial charge in [0, 0.05) is 35.7 Å². The number of aromatic amines is 1. The number of fused-ring (bicyclic) bond motifs is 1. The lowest BCUT2D eigenvalue weighted by Gasteiger charge is -2.58. The summed E-state index contributed by atoms with van der Waals surface area (Å²) < 4.78 is 0. The number of amides is 1. The van der Waals surface area contributed by atoms with Crippen LogP contribution in [-0.4, -0.2) is 45.7 Å². The van der Waals surface area contributed by atoms with Gasteiger partial charge < -0.3 is 11.1 Å². The molecular weight excluding hydrogens is 278 g/mol. The molecule has 1 saturated carbocycles. The molecule has 0 radical (unpaired) electrons. The molecule has 3 fully saturated rings. The van der Waals surface area contributed by atoms with Crippen molar-refractivity contribution in [3.63, 3.8) is 0 Å². The van der Waals surface area contributed by atoms with E-state index in [9.17, 15) is 4.79 Å². The van der Waals surface area contributed by atoms with E-state index in [1.54, 1.807) is 6.07 Å². The summed E-state index contributed by atoms with van der Waals surface area (Å²) in [6.07, 6.45) is 3.83. The van der Waals surface area contributed by atoms with Crippen LogP contribution in [0.5, 0.6) is 0 Å². The molecule has 2 unspecified atom stereocenters. The Bertz CT molecular complexity index is 780. The standard InChI is InChI=1S/C16H19N5O/c17-9-1-2-12-10(7-9)14(20-19-12)15(22)18-13-8-21-6-5-16(21)4-3-11(13)16/h1-2,7,11,13H,3-6,8,17H2,(H,18,22)(H,19,20)/t11?,13-,16?/m1/s1. The number of anilines is 1. The number of nitrogens with zero attached hydrogens (tertiary/aromatic N) is 2. The van der Waals surface area contributed by atoms with Gasteiger partial charge in [-0.25, -0.2) is 0 Å². The van der Waals surface area contributed by atoms with Crippen molar-refractivity contribution in [2.45, 2.75) is 30.8 Å². The van der Waals surface area contributed by atoms with E-state index in [4.69, 9.17) is 5.73 Å². The molecular formula is C16H19N5O. The van der Waals surface area contributed by atoms with Gasteiger partial charge >= 0.3 is 0 Å². The van der Waals surface area contributed by atoms with Gasteiger partial charge in [0.15, 0.2) is 5.69 Å². The van der Waals surface area contributed by atoms with Crippen molar-refractivity contribution in [3.05, 3.63) is 23.9 Å². The Morgan fingerprint density at radius 1 is 1.45 bits per heavy atom. The van der Waals surface area contributed by atoms with Crippen LogP contribution in [0.2, 0.25) is 0 Å². The molecule has 114 valence electrons. The topological polar surface area (TPSA) is 87.0 Å². The molecule has 2 aromatic rings. The third-order valence-electron chi connectivity index (χ3n) is 6.04. The van der Waals surface area contributed by atoms with Gasteiger partial charge in [-0.05, 0) is 43.4 Å². The highest BCUT2D eigenvalue weighted by atomic mass is 16.2. The van der Waals surface area contributed by atoms with Crippen LogP contribution in [0.1, 0.15) is 29.8 Å². The molecule has 1 amide bonds. The summed E-state index contributed by atoms with van der Waals surface area (Å²) in [5.74, 6) is 0.534. The van der Waals surface area contributed by atoms with E-state index in [0.717, 1.165) is 17.4 Å². The lowest BCUT2D eigenvalue weighted by Crippen LogP contribution is -2.64. The third kappa shape index (κ3) is 1.43. The molecule has 3 heterocycles. The first-order valence-electron chi connectivity index (χ1n) is 7.97. The van der Waals surface area contributed by atoms with E-state index in [1.165, 1.54) is 25.8 Å². The van der Waals surface area contributed by atoms with Gasteiger partial charge in [-0.3, -0.25) is 14.8 Å². The van der Waals surface area contributed by atoms with Crippen molar-refractivity contribution in [3.8, 4) is 0 Å². The van der Waals surface area contributed by atoms with Crippen LogP contribution in [0, 0.1) is 5.92 Å². The summed E-state index contributed by atoms with van der Waals surface area (Å²) >= 11 is 0. The fourth-order valence-electron chi connectivity index (χ4n) is 4.71. The first-order valence-corrected chi connectivity index (χ1v) is 7.97. The molecule has 3 atom stereocenters.